The van der Waals surface area contributed by atoms with E-state index in [0.717, 1.165) is 0 Å². The van der Waals surface area contributed by atoms with Gasteiger partial charge in [-0.1, -0.05) is 0 Å². The molecule has 1 nitrogen and oxygen atoms in total. The zero-order valence-electron chi connectivity index (χ0n) is 5.11. The second-order valence-corrected chi connectivity index (χ2v) is 1.39. The molecule has 0 bridgehead atoms. The van der Waals surface area contributed by atoms with Gasteiger partial charge in [-0.15, -0.1) is 0 Å². The van der Waals surface area contributed by atoms with Gasteiger partial charge in [-0.3, -0.25) is 4.39 Å². The second kappa shape index (κ2) is 4.37. The zero-order chi connectivity index (χ0) is 6.41. The summed E-state index contributed by atoms with van der Waals surface area (Å²) < 4.78 is 9.50. The van der Waals surface area contributed by atoms with Crippen molar-refractivity contribution < 1.29 is 4.39 Å². The SMILES string of the molecule is CF.Cc1cc[nH]c1. The quantitative estimate of drug-likeness (QED) is 0.531. The van der Waals surface area contributed by atoms with Crippen LogP contribution in [0.25, 0.3) is 0 Å². The number of aromatic amines is 1. The van der Waals surface area contributed by atoms with Crippen molar-refractivity contribution in [3.8, 4) is 0 Å². The molecule has 0 aliphatic carbocycles. The summed E-state index contributed by atoms with van der Waals surface area (Å²) in [5.41, 5.74) is 1.29. The van der Waals surface area contributed by atoms with Gasteiger partial charge in [0, 0.05) is 12.4 Å². The van der Waals surface area contributed by atoms with Crippen molar-refractivity contribution in [3.63, 3.8) is 0 Å². The molecule has 0 aromatic carbocycles. The number of rotatable bonds is 0. The van der Waals surface area contributed by atoms with E-state index in [0.29, 0.717) is 7.18 Å². The highest BCUT2D eigenvalue weighted by atomic mass is 19.1. The van der Waals surface area contributed by atoms with Crippen molar-refractivity contribution in [1.29, 1.82) is 0 Å². The van der Waals surface area contributed by atoms with Gasteiger partial charge in [0.05, 0.1) is 7.18 Å². The summed E-state index contributed by atoms with van der Waals surface area (Å²) in [7, 11) is 0.500. The molecule has 1 heterocycles. The third kappa shape index (κ3) is 2.39. The number of H-pyrrole nitrogens is 1. The maximum atomic E-state index is 9.50. The van der Waals surface area contributed by atoms with E-state index in [1.54, 1.807) is 0 Å². The number of hydrogen-bond donors (Lipinski definition) is 1. The molecule has 8 heavy (non-hydrogen) atoms. The average Bonchev–Trinajstić information content (AvgIpc) is 2.24. The Kier molecular flexibility index (Phi) is 3.94. The van der Waals surface area contributed by atoms with Crippen LogP contribution in [0.5, 0.6) is 0 Å². The van der Waals surface area contributed by atoms with E-state index in [1.807, 2.05) is 18.5 Å². The molecule has 0 aliphatic rings. The summed E-state index contributed by atoms with van der Waals surface area (Å²) in [5.74, 6) is 0. The predicted molar refractivity (Wildman–Crippen MR) is 32.6 cm³/mol. The van der Waals surface area contributed by atoms with Gasteiger partial charge >= 0.3 is 0 Å². The van der Waals surface area contributed by atoms with Gasteiger partial charge in [0.2, 0.25) is 0 Å². The van der Waals surface area contributed by atoms with E-state index in [-0.39, 0.29) is 0 Å². The molecule has 0 unspecified atom stereocenters. The van der Waals surface area contributed by atoms with Crippen LogP contribution in [0, 0.1) is 6.92 Å². The lowest BCUT2D eigenvalue weighted by molar-refractivity contribution is 0.636. The molecule has 1 aromatic heterocycles. The van der Waals surface area contributed by atoms with E-state index in [1.165, 1.54) is 5.56 Å². The number of nitrogens with one attached hydrogen (secondary N) is 1. The normalized spacial score (nSPS) is 7.38. The van der Waals surface area contributed by atoms with E-state index >= 15 is 0 Å². The Labute approximate surface area is 48.5 Å². The maximum absolute atomic E-state index is 9.50. The predicted octanol–water partition coefficient (Wildman–Crippen LogP) is 1.91. The number of halogens is 1. The Hall–Kier alpha value is -0.790. The van der Waals surface area contributed by atoms with Gasteiger partial charge in [-0.25, -0.2) is 0 Å². The lowest BCUT2D eigenvalue weighted by Crippen LogP contribution is -1.50. The van der Waals surface area contributed by atoms with Crippen LogP contribution in [-0.2, 0) is 0 Å². The van der Waals surface area contributed by atoms with E-state index in [9.17, 15) is 4.39 Å². The van der Waals surface area contributed by atoms with E-state index in [2.05, 4.69) is 11.9 Å². The van der Waals surface area contributed by atoms with Crippen molar-refractivity contribution in [2.75, 3.05) is 7.18 Å². The van der Waals surface area contributed by atoms with Crippen LogP contribution in [0.15, 0.2) is 18.5 Å². The second-order valence-electron chi connectivity index (χ2n) is 1.39. The lowest BCUT2D eigenvalue weighted by Gasteiger charge is -1.65. The van der Waals surface area contributed by atoms with Crippen LogP contribution in [0.4, 0.5) is 4.39 Å². The molecule has 46 valence electrons. The molecule has 0 atom stereocenters. The monoisotopic (exact) mass is 115 g/mol. The summed E-state index contributed by atoms with van der Waals surface area (Å²) >= 11 is 0. The highest BCUT2D eigenvalue weighted by Gasteiger charge is 1.73. The van der Waals surface area contributed by atoms with Crippen molar-refractivity contribution in [1.82, 2.24) is 4.98 Å². The Bertz CT molecular complexity index is 112. The summed E-state index contributed by atoms with van der Waals surface area (Å²) in [6.45, 7) is 2.05. The first kappa shape index (κ1) is 7.21. The highest BCUT2D eigenvalue weighted by Crippen LogP contribution is 1.88. The van der Waals surface area contributed by atoms with Crippen LogP contribution in [-0.4, -0.2) is 12.2 Å². The molecule has 1 N–H and O–H groups in total. The van der Waals surface area contributed by atoms with Crippen LogP contribution in [0.1, 0.15) is 5.56 Å². The van der Waals surface area contributed by atoms with Crippen molar-refractivity contribution >= 4 is 0 Å². The van der Waals surface area contributed by atoms with Gasteiger partial charge in [-0.2, -0.15) is 0 Å². The minimum Gasteiger partial charge on any atom is -0.367 e. The van der Waals surface area contributed by atoms with Gasteiger partial charge in [-0.05, 0) is 18.6 Å². The number of aryl methyl sites for hydroxylation is 1. The first-order valence-electron chi connectivity index (χ1n) is 2.37. The van der Waals surface area contributed by atoms with Gasteiger partial charge in [0.1, 0.15) is 0 Å². The molecule has 0 saturated heterocycles. The van der Waals surface area contributed by atoms with Crippen LogP contribution < -0.4 is 0 Å². The highest BCUT2D eigenvalue weighted by molar-refractivity contribution is 5.03. The molecule has 0 spiro atoms. The number of aromatic nitrogens is 1. The number of hydrogen-bond acceptors (Lipinski definition) is 0. The average molecular weight is 115 g/mol. The minimum absolute atomic E-state index is 0.500. The molecule has 0 saturated carbocycles. The molecule has 2 heteroatoms. The molecule has 0 aliphatic heterocycles. The Morgan fingerprint density at radius 2 is 2.12 bits per heavy atom. The summed E-state index contributed by atoms with van der Waals surface area (Å²) in [5, 5.41) is 0. The van der Waals surface area contributed by atoms with E-state index in [4.69, 9.17) is 0 Å². The van der Waals surface area contributed by atoms with Crippen LogP contribution in [0.3, 0.4) is 0 Å². The maximum Gasteiger partial charge on any atom is 0.0785 e. The van der Waals surface area contributed by atoms with Gasteiger partial charge in [0.15, 0.2) is 0 Å². The Morgan fingerprint density at radius 3 is 2.25 bits per heavy atom. The molecule has 1 aromatic rings. The largest absolute Gasteiger partial charge is 0.367 e. The smallest absolute Gasteiger partial charge is 0.0785 e. The fourth-order valence-electron chi connectivity index (χ4n) is 0.407. The van der Waals surface area contributed by atoms with Gasteiger partial charge in [0.25, 0.3) is 0 Å². The molecular formula is C6H10FN. The molecule has 1 rings (SSSR count). The van der Waals surface area contributed by atoms with Crippen LogP contribution in [0.2, 0.25) is 0 Å². The molecule has 0 fully saturated rings. The fraction of sp³-hybridized carbons (Fsp3) is 0.333. The van der Waals surface area contributed by atoms with Gasteiger partial charge < -0.3 is 4.98 Å². The summed E-state index contributed by atoms with van der Waals surface area (Å²) in [4.78, 5) is 2.93. The van der Waals surface area contributed by atoms with Crippen molar-refractivity contribution in [3.05, 3.63) is 24.0 Å². The summed E-state index contributed by atoms with van der Waals surface area (Å²) in [6, 6.07) is 2.03. The van der Waals surface area contributed by atoms with Crippen molar-refractivity contribution in [2.45, 2.75) is 6.92 Å². The summed E-state index contributed by atoms with van der Waals surface area (Å²) in [6.07, 6.45) is 3.87. The first-order chi connectivity index (χ1) is 3.89. The fourth-order valence-corrected chi connectivity index (χ4v) is 0.407. The lowest BCUT2D eigenvalue weighted by atomic mass is 10.4. The minimum atomic E-state index is 0.500. The molecular weight excluding hydrogens is 105 g/mol. The third-order valence-electron chi connectivity index (χ3n) is 0.753. The zero-order valence-corrected chi connectivity index (χ0v) is 5.11. The Morgan fingerprint density at radius 1 is 1.50 bits per heavy atom. The topological polar surface area (TPSA) is 15.8 Å². The first-order valence-corrected chi connectivity index (χ1v) is 2.37. The van der Waals surface area contributed by atoms with Crippen LogP contribution >= 0.6 is 0 Å². The Balaban J connectivity index is 0.000000222. The van der Waals surface area contributed by atoms with Crippen molar-refractivity contribution in [2.24, 2.45) is 0 Å². The van der Waals surface area contributed by atoms with E-state index < -0.39 is 0 Å². The molecule has 0 amide bonds. The standard InChI is InChI=1S/C5H7N.CH3F/c1-5-2-3-6-4-5;1-2/h2-4,6H,1H3;1H3. The molecule has 0 radical (unpaired) electrons. The third-order valence-corrected chi connectivity index (χ3v) is 0.753. The number of alkyl halides is 1.